The van der Waals surface area contributed by atoms with Crippen molar-refractivity contribution in [3.63, 3.8) is 0 Å². The number of nitrogens with one attached hydrogen (secondary N) is 2. The summed E-state index contributed by atoms with van der Waals surface area (Å²) in [5, 5.41) is 78.2. The number of ether oxygens (including phenoxy) is 5. The fourth-order valence-corrected chi connectivity index (χ4v) is 8.88. The van der Waals surface area contributed by atoms with E-state index in [1.54, 1.807) is 71.8 Å². The number of fused-ring (bicyclic) bond motifs is 4. The van der Waals surface area contributed by atoms with Crippen LogP contribution in [-0.2, 0) is 0 Å². The van der Waals surface area contributed by atoms with E-state index in [4.69, 9.17) is 46.8 Å². The van der Waals surface area contributed by atoms with Crippen molar-refractivity contribution in [1.29, 1.82) is 0 Å². The minimum atomic E-state index is -0.530. The molecular formula is C55H70ClN19O11. The van der Waals surface area contributed by atoms with Gasteiger partial charge in [0.05, 0.1) is 86.1 Å². The van der Waals surface area contributed by atoms with Crippen LogP contribution in [0.25, 0.3) is 44.1 Å². The highest BCUT2D eigenvalue weighted by atomic mass is 35.5. The number of nitro benzene ring substituents is 1. The Kier molecular flexibility index (Phi) is 22.9. The fourth-order valence-electron chi connectivity index (χ4n) is 8.72. The first-order chi connectivity index (χ1) is 41.0. The summed E-state index contributed by atoms with van der Waals surface area (Å²) in [6.07, 6.45) is 3.87. The number of benzene rings is 5. The molecule has 0 spiro atoms. The molecule has 0 aliphatic carbocycles. The summed E-state index contributed by atoms with van der Waals surface area (Å²) in [4.78, 5) is 33.2. The van der Waals surface area contributed by atoms with Gasteiger partial charge in [-0.05, 0) is 164 Å². The maximum absolute atomic E-state index is 12.1. The number of likely N-dealkylation sites (N-methyl/N-ethyl adjacent to an activating group) is 1. The van der Waals surface area contributed by atoms with E-state index < -0.39 is 4.92 Å². The van der Waals surface area contributed by atoms with Crippen LogP contribution in [0.3, 0.4) is 0 Å². The summed E-state index contributed by atoms with van der Waals surface area (Å²) in [6.45, 7) is 14.8. The van der Waals surface area contributed by atoms with Crippen molar-refractivity contribution in [2.24, 2.45) is 0 Å². The second kappa shape index (κ2) is 30.1. The van der Waals surface area contributed by atoms with Crippen LogP contribution in [0, 0.1) is 65.6 Å². The van der Waals surface area contributed by atoms with Crippen LogP contribution in [0.2, 0.25) is 5.28 Å². The van der Waals surface area contributed by atoms with E-state index in [9.17, 15) is 30.9 Å². The van der Waals surface area contributed by atoms with Crippen molar-refractivity contribution in [3.8, 4) is 28.7 Å². The molecule has 9 aromatic rings. The first kappa shape index (κ1) is 65.3. The molecule has 5 aromatic carbocycles. The number of halogens is 1. The third kappa shape index (κ3) is 17.2. The number of nitro groups is 1. The first-order valence-electron chi connectivity index (χ1n) is 26.7. The summed E-state index contributed by atoms with van der Waals surface area (Å²) in [6, 6.07) is 16.5. The molecule has 1 aliphatic rings. The minimum absolute atomic E-state index is 0.0398. The molecule has 1 aliphatic heterocycles. The quantitative estimate of drug-likeness (QED) is 0.0369. The molecule has 0 unspecified atom stereocenters. The number of hydrogen-bond acceptors (Lipinski definition) is 25. The van der Waals surface area contributed by atoms with Gasteiger partial charge in [-0.2, -0.15) is 0 Å². The highest BCUT2D eigenvalue weighted by Gasteiger charge is 2.19. The van der Waals surface area contributed by atoms with Gasteiger partial charge in [0, 0.05) is 31.3 Å². The molecule has 0 saturated carbocycles. The Morgan fingerprint density at radius 2 is 0.919 bits per heavy atom. The molecule has 0 bridgehead atoms. The predicted molar refractivity (Wildman–Crippen MR) is 323 cm³/mol. The average molecular weight is 1210 g/mol. The Morgan fingerprint density at radius 3 is 1.34 bits per heavy atom. The molecule has 86 heavy (non-hydrogen) atoms. The summed E-state index contributed by atoms with van der Waals surface area (Å²) in [5.74, 6) is 3.70. The van der Waals surface area contributed by atoms with Gasteiger partial charge in [-0.25, -0.2) is 19.9 Å². The maximum Gasteiger partial charge on any atom is 0.295 e. The summed E-state index contributed by atoms with van der Waals surface area (Å²) in [7, 11) is 11.7. The number of methoxy groups -OCH3 is 5. The van der Waals surface area contributed by atoms with Gasteiger partial charge in [0.25, 0.3) is 50.9 Å². The molecule has 1 saturated heterocycles. The highest BCUT2D eigenvalue weighted by Crippen LogP contribution is 2.30. The smallest absolute Gasteiger partial charge is 0.295 e. The number of rotatable bonds is 14. The lowest BCUT2D eigenvalue weighted by Gasteiger charge is -2.26. The number of piperidine rings is 1. The number of nitrogen functional groups attached to an aromatic ring is 2. The van der Waals surface area contributed by atoms with Gasteiger partial charge in [0.15, 0.2) is 0 Å². The molecule has 0 atom stereocenters. The molecule has 30 nitrogen and oxygen atoms in total. The van der Waals surface area contributed by atoms with E-state index in [1.807, 2.05) is 58.8 Å². The Hall–Kier alpha value is -9.81. The van der Waals surface area contributed by atoms with Crippen LogP contribution >= 0.6 is 11.6 Å². The van der Waals surface area contributed by atoms with E-state index in [2.05, 4.69) is 55.9 Å². The normalized spacial score (nSPS) is 11.9. The van der Waals surface area contributed by atoms with Gasteiger partial charge in [0.2, 0.25) is 0 Å². The summed E-state index contributed by atoms with van der Waals surface area (Å²) < 4.78 is 25.6. The zero-order valence-electron chi connectivity index (χ0n) is 49.9. The van der Waals surface area contributed by atoms with Gasteiger partial charge in [0.1, 0.15) is 56.5 Å². The van der Waals surface area contributed by atoms with Crippen molar-refractivity contribution in [1.82, 2.24) is 50.1 Å². The molecule has 4 aromatic heterocycles. The highest BCUT2D eigenvalue weighted by molar-refractivity contribution is 6.28. The van der Waals surface area contributed by atoms with Gasteiger partial charge >= 0.3 is 0 Å². The molecule has 0 amide bonds. The molecular weight excluding hydrogens is 1140 g/mol. The van der Waals surface area contributed by atoms with Crippen molar-refractivity contribution in [2.75, 3.05) is 111 Å². The second-order valence-corrected chi connectivity index (χ2v) is 20.0. The lowest BCUT2D eigenvalue weighted by molar-refractivity contribution is -0.643. The van der Waals surface area contributed by atoms with Crippen LogP contribution in [0.5, 0.6) is 28.7 Å². The van der Waals surface area contributed by atoms with Gasteiger partial charge < -0.3 is 76.4 Å². The first-order valence-corrected chi connectivity index (χ1v) is 27.0. The Labute approximate surface area is 499 Å². The number of likely N-dealkylation sites (tertiary alicyclic amines) is 1. The number of nitrogens with two attached hydrogens (primary N) is 2. The third-order valence-electron chi connectivity index (χ3n) is 13.2. The van der Waals surface area contributed by atoms with Crippen LogP contribution in [0.1, 0.15) is 47.1 Å². The maximum atomic E-state index is 12.1. The van der Waals surface area contributed by atoms with E-state index >= 15 is 0 Å². The van der Waals surface area contributed by atoms with Crippen molar-refractivity contribution < 1.29 is 48.0 Å². The standard InChI is InChI=1S/C16H23N5O2.C13H19N5O2.C9H8ClN3O2.C9H10N4O2.C8H10N2O3/c1-12-10-13-14(11-15(12)23-2)21(22)19-16(18-13)17-6-9-20-7-4-3-5-8-20;1-9-7-10-11(8-12(9)20-4)18(19)16-13(15-10)14-5-6-17(2)3;2*1-5-3-6-7(4-8(5)15-2)13(14)12-9(10)11-6;1-5-3-6(9)7(10(11)12)4-8(5)13-2/h10-11H,3-9H2,1-2H3,(H,17,18,19);7-8H,5-6H2,1-4H3,(H,14,15,16);3-4H,1-2H3;3-4H,1-2H3,(H2,10,11,12);3-4H,9H2,1-2H3. The minimum Gasteiger partial charge on any atom is -0.594 e. The molecule has 31 heteroatoms. The van der Waals surface area contributed by atoms with E-state index in [1.165, 1.54) is 38.5 Å². The van der Waals surface area contributed by atoms with Gasteiger partial charge in [-0.3, -0.25) is 10.1 Å². The number of aryl methyl sites for hydroxylation is 5. The van der Waals surface area contributed by atoms with Crippen LogP contribution in [-0.4, -0.2) is 144 Å². The zero-order valence-corrected chi connectivity index (χ0v) is 50.6. The van der Waals surface area contributed by atoms with Gasteiger partial charge in [-0.15, -0.1) is 0 Å². The SMILES string of the molecule is COc1cc([N+](=O)[O-])c(N)cc1C.COc1cc2c(cc1C)nc(Cl)n[n+]2[O-].COc1cc2c(cc1C)nc(N)n[n+]2[O-].COc1cc2c(cc1C)nc(NCCN(C)C)n[n+]2[O-].COc1cc2c(cc1C)nc(NCCN1CCCCC1)n[n+]2[O-]. The fraction of sp³-hybridized carbons (Fsp3) is 0.382. The average Bonchev–Trinajstić information content (AvgIpc) is 1.44. The van der Waals surface area contributed by atoms with E-state index in [-0.39, 0.29) is 22.6 Å². The molecule has 1 fully saturated rings. The largest absolute Gasteiger partial charge is 0.594 e. The molecule has 5 heterocycles. The lowest BCUT2D eigenvalue weighted by Crippen LogP contribution is -2.36. The van der Waals surface area contributed by atoms with Gasteiger partial charge in [-0.1, -0.05) is 6.42 Å². The van der Waals surface area contributed by atoms with Crippen LogP contribution < -0.4 is 65.2 Å². The van der Waals surface area contributed by atoms with E-state index in [0.717, 1.165) is 60.5 Å². The number of aromatic nitrogens is 12. The monoisotopic (exact) mass is 1210 g/mol. The van der Waals surface area contributed by atoms with E-state index in [0.29, 0.717) is 111 Å². The second-order valence-electron chi connectivity index (χ2n) is 19.7. The summed E-state index contributed by atoms with van der Waals surface area (Å²) in [5.41, 5.74) is 19.0. The molecule has 6 N–H and O–H groups in total. The number of hydrogen-bond donors (Lipinski definition) is 4. The molecule has 0 radical (unpaired) electrons. The van der Waals surface area contributed by atoms with Crippen molar-refractivity contribution >= 4 is 85.0 Å². The van der Waals surface area contributed by atoms with Crippen LogP contribution in [0.15, 0.2) is 60.7 Å². The number of anilines is 4. The Bertz CT molecular complexity index is 3750. The lowest BCUT2D eigenvalue weighted by atomic mass is 10.1. The predicted octanol–water partition coefficient (Wildman–Crippen LogP) is 4.92. The number of nitrogens with zero attached hydrogens (tertiary/aromatic N) is 15. The summed E-state index contributed by atoms with van der Waals surface area (Å²) >= 11 is 5.58. The molecule has 10 rings (SSSR count). The topological polar surface area (TPSA) is 383 Å². The van der Waals surface area contributed by atoms with Crippen LogP contribution in [0.4, 0.5) is 29.2 Å². The Balaban J connectivity index is 0.000000175. The van der Waals surface area contributed by atoms with Crippen molar-refractivity contribution in [2.45, 2.75) is 53.9 Å². The molecule has 458 valence electrons. The third-order valence-corrected chi connectivity index (χ3v) is 13.3. The van der Waals surface area contributed by atoms with Crippen molar-refractivity contribution in [3.05, 3.63) is 125 Å². The Morgan fingerprint density at radius 1 is 0.547 bits per heavy atom. The zero-order chi connectivity index (χ0) is 62.9.